The zero-order valence-electron chi connectivity index (χ0n) is 12.3. The molecule has 1 aromatic heterocycles. The summed E-state index contributed by atoms with van der Waals surface area (Å²) >= 11 is 0. The van der Waals surface area contributed by atoms with E-state index in [9.17, 15) is 4.39 Å². The second-order valence-corrected chi connectivity index (χ2v) is 5.21. The second-order valence-electron chi connectivity index (χ2n) is 5.21. The van der Waals surface area contributed by atoms with Crippen LogP contribution in [0.25, 0.3) is 0 Å². The van der Waals surface area contributed by atoms with Crippen molar-refractivity contribution in [1.82, 2.24) is 15.5 Å². The lowest BCUT2D eigenvalue weighted by Gasteiger charge is -2.32. The van der Waals surface area contributed by atoms with E-state index in [-0.39, 0.29) is 12.4 Å². The molecule has 0 bridgehead atoms. The van der Waals surface area contributed by atoms with Gasteiger partial charge < -0.3 is 19.3 Å². The molecule has 2 heterocycles. The molecular weight excluding hydrogens is 289 g/mol. The Morgan fingerprint density at radius 3 is 2.91 bits per heavy atom. The first-order chi connectivity index (χ1) is 10.7. The largest absolute Gasteiger partial charge is 0.485 e. The zero-order valence-corrected chi connectivity index (χ0v) is 12.3. The van der Waals surface area contributed by atoms with Crippen LogP contribution in [-0.2, 0) is 16.9 Å². The van der Waals surface area contributed by atoms with Gasteiger partial charge >= 0.3 is 0 Å². The molecule has 1 fully saturated rings. The average Bonchev–Trinajstić information content (AvgIpc) is 3.03. The van der Waals surface area contributed by atoms with Crippen molar-refractivity contribution in [3.63, 3.8) is 0 Å². The van der Waals surface area contributed by atoms with Gasteiger partial charge in [0.25, 0.3) is 5.89 Å². The highest BCUT2D eigenvalue weighted by Crippen LogP contribution is 2.32. The minimum Gasteiger partial charge on any atom is -0.485 e. The molecule has 3 rings (SSSR count). The normalized spacial score (nSPS) is 17.4. The van der Waals surface area contributed by atoms with Gasteiger partial charge in [-0.2, -0.15) is 4.98 Å². The fourth-order valence-corrected chi connectivity index (χ4v) is 2.54. The molecule has 1 aliphatic rings. The quantitative estimate of drug-likeness (QED) is 0.911. The van der Waals surface area contributed by atoms with Crippen LogP contribution in [0.3, 0.4) is 0 Å². The van der Waals surface area contributed by atoms with E-state index in [4.69, 9.17) is 14.0 Å². The summed E-state index contributed by atoms with van der Waals surface area (Å²) in [4.78, 5) is 4.37. The first-order valence-electron chi connectivity index (χ1n) is 7.19. The van der Waals surface area contributed by atoms with Crippen LogP contribution >= 0.6 is 0 Å². The monoisotopic (exact) mass is 307 g/mol. The molecule has 0 unspecified atom stereocenters. The van der Waals surface area contributed by atoms with E-state index in [1.165, 1.54) is 12.1 Å². The highest BCUT2D eigenvalue weighted by Gasteiger charge is 2.39. The minimum atomic E-state index is -0.532. The summed E-state index contributed by atoms with van der Waals surface area (Å²) in [5.74, 6) is 0.956. The van der Waals surface area contributed by atoms with Gasteiger partial charge in [0.05, 0.1) is 0 Å². The first kappa shape index (κ1) is 14.9. The number of ether oxygens (including phenoxy) is 2. The van der Waals surface area contributed by atoms with Gasteiger partial charge in [-0.15, -0.1) is 0 Å². The molecule has 1 aromatic carbocycles. The third-order valence-electron chi connectivity index (χ3n) is 3.82. The third kappa shape index (κ3) is 3.10. The Labute approximate surface area is 127 Å². The molecule has 22 heavy (non-hydrogen) atoms. The van der Waals surface area contributed by atoms with Crippen molar-refractivity contribution in [2.75, 3.05) is 20.2 Å². The SMILES string of the molecule is COC1(c2nc(COc3cccc(F)c3)no2)CCNCC1. The lowest BCUT2D eigenvalue weighted by Crippen LogP contribution is -2.41. The van der Waals surface area contributed by atoms with Gasteiger partial charge in [0, 0.05) is 13.2 Å². The van der Waals surface area contributed by atoms with Gasteiger partial charge in [0.15, 0.2) is 6.61 Å². The number of nitrogens with one attached hydrogen (secondary N) is 1. The van der Waals surface area contributed by atoms with Crippen LogP contribution < -0.4 is 10.1 Å². The molecule has 0 spiro atoms. The molecule has 0 amide bonds. The predicted molar refractivity (Wildman–Crippen MR) is 75.8 cm³/mol. The van der Waals surface area contributed by atoms with Gasteiger partial charge in [0.2, 0.25) is 5.82 Å². The van der Waals surface area contributed by atoms with Crippen molar-refractivity contribution in [3.8, 4) is 5.75 Å². The summed E-state index contributed by atoms with van der Waals surface area (Å²) in [6.45, 7) is 1.79. The molecule has 6 nitrogen and oxygen atoms in total. The summed E-state index contributed by atoms with van der Waals surface area (Å²) in [6, 6.07) is 5.93. The third-order valence-corrected chi connectivity index (χ3v) is 3.82. The number of hydrogen-bond donors (Lipinski definition) is 1. The van der Waals surface area contributed by atoms with Gasteiger partial charge in [-0.25, -0.2) is 4.39 Å². The van der Waals surface area contributed by atoms with E-state index in [1.807, 2.05) is 0 Å². The molecular formula is C15H18FN3O3. The van der Waals surface area contributed by atoms with Crippen LogP contribution in [0, 0.1) is 5.82 Å². The van der Waals surface area contributed by atoms with Crippen LogP contribution in [0.1, 0.15) is 24.6 Å². The maximum absolute atomic E-state index is 13.1. The molecule has 118 valence electrons. The highest BCUT2D eigenvalue weighted by molar-refractivity contribution is 5.22. The minimum absolute atomic E-state index is 0.116. The average molecular weight is 307 g/mol. The number of aromatic nitrogens is 2. The molecule has 1 saturated heterocycles. The van der Waals surface area contributed by atoms with Gasteiger partial charge in [-0.3, -0.25) is 0 Å². The number of rotatable bonds is 5. The number of methoxy groups -OCH3 is 1. The lowest BCUT2D eigenvalue weighted by atomic mass is 9.92. The van der Waals surface area contributed by atoms with E-state index < -0.39 is 5.60 Å². The maximum atomic E-state index is 13.1. The van der Waals surface area contributed by atoms with Crippen LogP contribution in [0.5, 0.6) is 5.75 Å². The van der Waals surface area contributed by atoms with E-state index in [0.717, 1.165) is 25.9 Å². The summed E-state index contributed by atoms with van der Waals surface area (Å²) in [6.07, 6.45) is 1.55. The van der Waals surface area contributed by atoms with Crippen molar-refractivity contribution < 1.29 is 18.4 Å². The van der Waals surface area contributed by atoms with Crippen molar-refractivity contribution in [1.29, 1.82) is 0 Å². The smallest absolute Gasteiger partial charge is 0.259 e. The molecule has 1 aliphatic heterocycles. The Morgan fingerprint density at radius 2 is 2.18 bits per heavy atom. The van der Waals surface area contributed by atoms with Gasteiger partial charge in [-0.05, 0) is 38.1 Å². The lowest BCUT2D eigenvalue weighted by molar-refractivity contribution is -0.0622. The Morgan fingerprint density at radius 1 is 1.36 bits per heavy atom. The summed E-state index contributed by atoms with van der Waals surface area (Å²) in [5, 5.41) is 7.19. The fraction of sp³-hybridized carbons (Fsp3) is 0.467. The number of piperidine rings is 1. The van der Waals surface area contributed by atoms with E-state index in [0.29, 0.717) is 17.5 Å². The van der Waals surface area contributed by atoms with Gasteiger partial charge in [-0.1, -0.05) is 11.2 Å². The molecule has 2 aromatic rings. The van der Waals surface area contributed by atoms with Crippen LogP contribution in [0.15, 0.2) is 28.8 Å². The fourth-order valence-electron chi connectivity index (χ4n) is 2.54. The van der Waals surface area contributed by atoms with Gasteiger partial charge in [0.1, 0.15) is 17.2 Å². The molecule has 0 saturated carbocycles. The molecule has 7 heteroatoms. The highest BCUT2D eigenvalue weighted by atomic mass is 19.1. The Bertz CT molecular complexity index is 626. The molecule has 0 atom stereocenters. The van der Waals surface area contributed by atoms with Crippen LogP contribution in [-0.4, -0.2) is 30.3 Å². The summed E-state index contributed by atoms with van der Waals surface area (Å²) < 4.78 is 29.5. The predicted octanol–water partition coefficient (Wildman–Crippen LogP) is 2.01. The molecule has 1 N–H and O–H groups in total. The summed E-state index contributed by atoms with van der Waals surface area (Å²) in [7, 11) is 1.65. The summed E-state index contributed by atoms with van der Waals surface area (Å²) in [5.41, 5.74) is -0.532. The standard InChI is InChI=1S/C15H18FN3O3/c1-20-15(5-7-17-8-6-15)14-18-13(19-22-14)10-21-12-4-2-3-11(16)9-12/h2-4,9,17H,5-8,10H2,1H3. The molecule has 0 radical (unpaired) electrons. The van der Waals surface area contributed by atoms with E-state index in [1.54, 1.807) is 19.2 Å². The van der Waals surface area contributed by atoms with Crippen molar-refractivity contribution in [2.24, 2.45) is 0 Å². The second kappa shape index (κ2) is 6.41. The maximum Gasteiger partial charge on any atom is 0.259 e. The number of halogens is 1. The first-order valence-corrected chi connectivity index (χ1v) is 7.19. The number of hydrogen-bond acceptors (Lipinski definition) is 6. The number of nitrogens with zero attached hydrogens (tertiary/aromatic N) is 2. The van der Waals surface area contributed by atoms with E-state index >= 15 is 0 Å². The van der Waals surface area contributed by atoms with E-state index in [2.05, 4.69) is 15.5 Å². The van der Waals surface area contributed by atoms with Crippen molar-refractivity contribution >= 4 is 0 Å². The number of benzene rings is 1. The Kier molecular flexibility index (Phi) is 4.35. The topological polar surface area (TPSA) is 69.4 Å². The van der Waals surface area contributed by atoms with Crippen LogP contribution in [0.2, 0.25) is 0 Å². The Hall–Kier alpha value is -1.99. The van der Waals surface area contributed by atoms with Crippen LogP contribution in [0.4, 0.5) is 4.39 Å². The Balaban J connectivity index is 1.68. The zero-order chi connectivity index (χ0) is 15.4. The van der Waals surface area contributed by atoms with Crippen molar-refractivity contribution in [2.45, 2.75) is 25.0 Å². The molecule has 0 aliphatic carbocycles. The van der Waals surface area contributed by atoms with Crippen molar-refractivity contribution in [3.05, 3.63) is 41.8 Å².